The molecular formula is C15H18ClN3O3. The number of aromatic nitrogens is 1. The maximum Gasteiger partial charge on any atom is 0.261 e. The lowest BCUT2D eigenvalue weighted by Crippen LogP contribution is -2.43. The van der Waals surface area contributed by atoms with Gasteiger partial charge in [-0.05, 0) is 43.0 Å². The molecule has 1 fully saturated rings. The van der Waals surface area contributed by atoms with Crippen LogP contribution < -0.4 is 16.6 Å². The second-order valence-corrected chi connectivity index (χ2v) is 5.25. The Hall–Kier alpha value is -2.05. The van der Waals surface area contributed by atoms with Gasteiger partial charge in [0, 0.05) is 12.6 Å². The van der Waals surface area contributed by atoms with Crippen molar-refractivity contribution in [2.75, 3.05) is 6.54 Å². The van der Waals surface area contributed by atoms with E-state index in [1.54, 1.807) is 18.2 Å². The lowest BCUT2D eigenvalue weighted by Gasteiger charge is -2.15. The first kappa shape index (κ1) is 16.3. The Bertz CT molecular complexity index is 692. The first-order valence-electron chi connectivity index (χ1n) is 6.97. The summed E-state index contributed by atoms with van der Waals surface area (Å²) in [6.45, 7) is 0.388. The number of halogens is 1. The standard InChI is InChI=1S/C15H17N3O3.ClH/c16-8-12(9-3-4-9)18-15(20)10-5-6-11(17-14(10)19)13-2-1-7-21-13;/h1-2,5-7,9,12H,3-4,8,16H2,(H,17,19)(H,18,20);1H. The van der Waals surface area contributed by atoms with E-state index in [4.69, 9.17) is 10.2 Å². The maximum absolute atomic E-state index is 12.2. The molecule has 22 heavy (non-hydrogen) atoms. The number of carbonyl (C=O) groups excluding carboxylic acids is 1. The zero-order valence-corrected chi connectivity index (χ0v) is 12.7. The van der Waals surface area contributed by atoms with E-state index in [2.05, 4.69) is 10.3 Å². The van der Waals surface area contributed by atoms with Crippen molar-refractivity contribution in [2.45, 2.75) is 18.9 Å². The molecule has 0 aliphatic heterocycles. The lowest BCUT2D eigenvalue weighted by molar-refractivity contribution is 0.0932. The Morgan fingerprint density at radius 3 is 2.73 bits per heavy atom. The molecule has 0 bridgehead atoms. The van der Waals surface area contributed by atoms with Crippen LogP contribution in [0.4, 0.5) is 0 Å². The Morgan fingerprint density at radius 2 is 2.18 bits per heavy atom. The van der Waals surface area contributed by atoms with Gasteiger partial charge in [0.15, 0.2) is 0 Å². The van der Waals surface area contributed by atoms with Crippen LogP contribution in [0.5, 0.6) is 0 Å². The quantitative estimate of drug-likeness (QED) is 0.776. The van der Waals surface area contributed by atoms with Crippen LogP contribution in [0.3, 0.4) is 0 Å². The van der Waals surface area contributed by atoms with Gasteiger partial charge in [-0.3, -0.25) is 9.59 Å². The molecule has 3 rings (SSSR count). The first-order valence-corrected chi connectivity index (χ1v) is 6.97. The van der Waals surface area contributed by atoms with Gasteiger partial charge in [-0.15, -0.1) is 12.4 Å². The number of hydrogen-bond acceptors (Lipinski definition) is 4. The number of aromatic amines is 1. The van der Waals surface area contributed by atoms with Gasteiger partial charge in [0.1, 0.15) is 11.3 Å². The fourth-order valence-electron chi connectivity index (χ4n) is 2.34. The molecule has 0 radical (unpaired) electrons. The van der Waals surface area contributed by atoms with E-state index in [0.29, 0.717) is 23.9 Å². The smallest absolute Gasteiger partial charge is 0.261 e. The molecule has 1 amide bonds. The molecule has 0 aromatic carbocycles. The molecule has 2 aromatic rings. The van der Waals surface area contributed by atoms with Crippen LogP contribution in [-0.4, -0.2) is 23.5 Å². The highest BCUT2D eigenvalue weighted by Gasteiger charge is 2.31. The van der Waals surface area contributed by atoms with E-state index in [0.717, 1.165) is 12.8 Å². The highest BCUT2D eigenvalue weighted by molar-refractivity contribution is 5.94. The number of nitrogens with two attached hydrogens (primary N) is 1. The highest BCUT2D eigenvalue weighted by atomic mass is 35.5. The Balaban J connectivity index is 0.00000176. The van der Waals surface area contributed by atoms with E-state index in [-0.39, 0.29) is 29.9 Å². The SMILES string of the molecule is Cl.NCC(NC(=O)c1ccc(-c2ccco2)[nH]c1=O)C1CC1. The van der Waals surface area contributed by atoms with Gasteiger partial charge in [-0.1, -0.05) is 0 Å². The molecule has 4 N–H and O–H groups in total. The van der Waals surface area contributed by atoms with Crippen molar-refractivity contribution < 1.29 is 9.21 Å². The van der Waals surface area contributed by atoms with Crippen molar-refractivity contribution in [3.05, 3.63) is 46.4 Å². The van der Waals surface area contributed by atoms with Crippen LogP contribution in [0.2, 0.25) is 0 Å². The molecule has 2 aromatic heterocycles. The summed E-state index contributed by atoms with van der Waals surface area (Å²) in [6.07, 6.45) is 3.68. The van der Waals surface area contributed by atoms with Gasteiger partial charge >= 0.3 is 0 Å². The molecule has 1 unspecified atom stereocenters. The molecule has 0 saturated heterocycles. The number of rotatable bonds is 5. The predicted octanol–water partition coefficient (Wildman–Crippen LogP) is 1.52. The van der Waals surface area contributed by atoms with Crippen molar-refractivity contribution in [1.82, 2.24) is 10.3 Å². The van der Waals surface area contributed by atoms with Crippen molar-refractivity contribution in [2.24, 2.45) is 11.7 Å². The van der Waals surface area contributed by atoms with Gasteiger partial charge in [0.2, 0.25) is 0 Å². The second-order valence-electron chi connectivity index (χ2n) is 5.25. The predicted molar refractivity (Wildman–Crippen MR) is 85.0 cm³/mol. The van der Waals surface area contributed by atoms with Crippen LogP contribution >= 0.6 is 12.4 Å². The number of pyridine rings is 1. The minimum absolute atomic E-state index is 0. The summed E-state index contributed by atoms with van der Waals surface area (Å²) in [5.41, 5.74) is 5.84. The van der Waals surface area contributed by atoms with Crippen LogP contribution in [0.1, 0.15) is 23.2 Å². The first-order chi connectivity index (χ1) is 10.2. The number of furan rings is 1. The molecule has 2 heterocycles. The minimum Gasteiger partial charge on any atom is -0.463 e. The summed E-state index contributed by atoms with van der Waals surface area (Å²) in [4.78, 5) is 26.9. The largest absolute Gasteiger partial charge is 0.463 e. The Labute approximate surface area is 133 Å². The topological polar surface area (TPSA) is 101 Å². The van der Waals surface area contributed by atoms with E-state index < -0.39 is 5.56 Å². The van der Waals surface area contributed by atoms with Crippen molar-refractivity contribution >= 4 is 18.3 Å². The molecule has 1 atom stereocenters. The van der Waals surface area contributed by atoms with Crippen molar-refractivity contribution in [3.63, 3.8) is 0 Å². The number of nitrogens with one attached hydrogen (secondary N) is 2. The summed E-state index contributed by atoms with van der Waals surface area (Å²) in [5, 5.41) is 2.83. The van der Waals surface area contributed by atoms with Crippen molar-refractivity contribution in [1.29, 1.82) is 0 Å². The van der Waals surface area contributed by atoms with E-state index >= 15 is 0 Å². The van der Waals surface area contributed by atoms with Crippen LogP contribution in [0, 0.1) is 5.92 Å². The molecule has 1 aliphatic carbocycles. The summed E-state index contributed by atoms with van der Waals surface area (Å²) in [6, 6.07) is 6.58. The normalized spacial score (nSPS) is 15.0. The maximum atomic E-state index is 12.2. The molecule has 1 aliphatic rings. The Morgan fingerprint density at radius 1 is 1.41 bits per heavy atom. The van der Waals surface area contributed by atoms with Crippen LogP contribution in [0.15, 0.2) is 39.7 Å². The third kappa shape index (κ3) is 3.40. The zero-order valence-electron chi connectivity index (χ0n) is 11.9. The van der Waals surface area contributed by atoms with Crippen molar-refractivity contribution in [3.8, 4) is 11.5 Å². The van der Waals surface area contributed by atoms with Gasteiger partial charge in [0.05, 0.1) is 12.0 Å². The molecule has 7 heteroatoms. The average molecular weight is 324 g/mol. The molecule has 6 nitrogen and oxygen atoms in total. The number of hydrogen-bond donors (Lipinski definition) is 3. The lowest BCUT2D eigenvalue weighted by atomic mass is 10.1. The van der Waals surface area contributed by atoms with E-state index in [9.17, 15) is 9.59 Å². The monoisotopic (exact) mass is 323 g/mol. The van der Waals surface area contributed by atoms with Crippen LogP contribution in [-0.2, 0) is 0 Å². The van der Waals surface area contributed by atoms with Gasteiger partial charge in [0.25, 0.3) is 11.5 Å². The number of amides is 1. The summed E-state index contributed by atoms with van der Waals surface area (Å²) in [7, 11) is 0. The molecule has 1 saturated carbocycles. The summed E-state index contributed by atoms with van der Waals surface area (Å²) in [5.74, 6) is 0.613. The van der Waals surface area contributed by atoms with Gasteiger partial charge in [-0.2, -0.15) is 0 Å². The summed E-state index contributed by atoms with van der Waals surface area (Å²) < 4.78 is 5.21. The third-order valence-corrected chi connectivity index (χ3v) is 3.70. The van der Waals surface area contributed by atoms with E-state index in [1.807, 2.05) is 0 Å². The summed E-state index contributed by atoms with van der Waals surface area (Å²) >= 11 is 0. The molecule has 118 valence electrons. The number of carbonyl (C=O) groups is 1. The third-order valence-electron chi connectivity index (χ3n) is 3.70. The van der Waals surface area contributed by atoms with Crippen LogP contribution in [0.25, 0.3) is 11.5 Å². The average Bonchev–Trinajstić information content (AvgIpc) is 3.18. The minimum atomic E-state index is -0.437. The molecular weight excluding hydrogens is 306 g/mol. The second kappa shape index (κ2) is 6.81. The fraction of sp³-hybridized carbons (Fsp3) is 0.333. The van der Waals surface area contributed by atoms with Gasteiger partial charge in [-0.25, -0.2) is 0 Å². The Kier molecular flexibility index (Phi) is 5.05. The van der Waals surface area contributed by atoms with E-state index in [1.165, 1.54) is 12.3 Å². The fourth-order valence-corrected chi connectivity index (χ4v) is 2.34. The highest BCUT2D eigenvalue weighted by Crippen LogP contribution is 2.32. The zero-order chi connectivity index (χ0) is 14.8. The molecule has 0 spiro atoms. The number of H-pyrrole nitrogens is 1. The van der Waals surface area contributed by atoms with Gasteiger partial charge < -0.3 is 20.5 Å².